The standard InChI is InChI=1S/C17H23F2N3O/c1-2-17(12-23)7-9-21(10-8-17)11-15-20-13-5-3-4-6-14(13)22(15)16(18)19/h3-6,16,23H,2,7-12H2,1H3. The molecule has 0 atom stereocenters. The fourth-order valence-electron chi connectivity index (χ4n) is 3.43. The highest BCUT2D eigenvalue weighted by molar-refractivity contribution is 5.75. The zero-order chi connectivity index (χ0) is 16.4. The van der Waals surface area contributed by atoms with Crippen molar-refractivity contribution in [3.63, 3.8) is 0 Å². The van der Waals surface area contributed by atoms with Crippen LogP contribution >= 0.6 is 0 Å². The van der Waals surface area contributed by atoms with E-state index in [1.54, 1.807) is 18.2 Å². The van der Waals surface area contributed by atoms with Crippen molar-refractivity contribution in [2.75, 3.05) is 19.7 Å². The predicted molar refractivity (Wildman–Crippen MR) is 85.3 cm³/mol. The third-order valence-electron chi connectivity index (χ3n) is 5.23. The molecule has 0 radical (unpaired) electrons. The van der Waals surface area contributed by atoms with E-state index >= 15 is 0 Å². The lowest BCUT2D eigenvalue weighted by Crippen LogP contribution is -2.41. The number of alkyl halides is 2. The molecule has 0 aliphatic carbocycles. The van der Waals surface area contributed by atoms with E-state index in [0.717, 1.165) is 36.9 Å². The van der Waals surface area contributed by atoms with Crippen LogP contribution in [-0.2, 0) is 6.54 Å². The van der Waals surface area contributed by atoms with Gasteiger partial charge in [-0.2, -0.15) is 8.78 Å². The number of hydrogen-bond acceptors (Lipinski definition) is 3. The maximum Gasteiger partial charge on any atom is 0.320 e. The molecule has 1 fully saturated rings. The summed E-state index contributed by atoms with van der Waals surface area (Å²) in [7, 11) is 0. The molecule has 1 saturated heterocycles. The van der Waals surface area contributed by atoms with Crippen molar-refractivity contribution in [3.05, 3.63) is 30.1 Å². The van der Waals surface area contributed by atoms with Gasteiger partial charge >= 0.3 is 6.55 Å². The average molecular weight is 323 g/mol. The normalized spacial score (nSPS) is 18.8. The Hall–Kier alpha value is -1.53. The molecule has 1 aliphatic rings. The molecule has 23 heavy (non-hydrogen) atoms. The van der Waals surface area contributed by atoms with Gasteiger partial charge in [-0.15, -0.1) is 0 Å². The van der Waals surface area contributed by atoms with Gasteiger partial charge in [-0.1, -0.05) is 19.1 Å². The van der Waals surface area contributed by atoms with Crippen LogP contribution in [0, 0.1) is 5.41 Å². The first-order chi connectivity index (χ1) is 11.1. The summed E-state index contributed by atoms with van der Waals surface area (Å²) < 4.78 is 27.9. The van der Waals surface area contributed by atoms with Crippen molar-refractivity contribution in [3.8, 4) is 0 Å². The summed E-state index contributed by atoms with van der Waals surface area (Å²) in [6.07, 6.45) is 2.75. The number of likely N-dealkylation sites (tertiary alicyclic amines) is 1. The molecule has 1 aromatic carbocycles. The first-order valence-electron chi connectivity index (χ1n) is 8.16. The van der Waals surface area contributed by atoms with Crippen molar-refractivity contribution >= 4 is 11.0 Å². The zero-order valence-corrected chi connectivity index (χ0v) is 13.4. The van der Waals surface area contributed by atoms with E-state index in [4.69, 9.17) is 0 Å². The van der Waals surface area contributed by atoms with E-state index in [1.165, 1.54) is 0 Å². The van der Waals surface area contributed by atoms with Gasteiger partial charge in [-0.3, -0.25) is 9.47 Å². The number of aliphatic hydroxyl groups excluding tert-OH is 1. The van der Waals surface area contributed by atoms with Gasteiger partial charge in [0.25, 0.3) is 0 Å². The third kappa shape index (κ3) is 3.10. The number of piperidine rings is 1. The molecule has 1 N–H and O–H groups in total. The molecule has 1 aliphatic heterocycles. The highest BCUT2D eigenvalue weighted by Gasteiger charge is 2.33. The first kappa shape index (κ1) is 16.3. The topological polar surface area (TPSA) is 41.3 Å². The number of nitrogens with zero attached hydrogens (tertiary/aromatic N) is 3. The summed E-state index contributed by atoms with van der Waals surface area (Å²) in [4.78, 5) is 6.55. The minimum atomic E-state index is -2.59. The van der Waals surface area contributed by atoms with Gasteiger partial charge in [-0.25, -0.2) is 4.98 Å². The summed E-state index contributed by atoms with van der Waals surface area (Å²) >= 11 is 0. The van der Waals surface area contributed by atoms with Gasteiger partial charge in [-0.05, 0) is 49.9 Å². The molecule has 126 valence electrons. The lowest BCUT2D eigenvalue weighted by molar-refractivity contribution is 0.0327. The largest absolute Gasteiger partial charge is 0.396 e. The van der Waals surface area contributed by atoms with E-state index in [-0.39, 0.29) is 12.0 Å². The van der Waals surface area contributed by atoms with E-state index in [2.05, 4.69) is 16.8 Å². The number of hydrogen-bond donors (Lipinski definition) is 1. The molecule has 6 heteroatoms. The smallest absolute Gasteiger partial charge is 0.320 e. The monoisotopic (exact) mass is 323 g/mol. The maximum absolute atomic E-state index is 13.4. The van der Waals surface area contributed by atoms with Gasteiger partial charge < -0.3 is 5.11 Å². The number of aromatic nitrogens is 2. The van der Waals surface area contributed by atoms with E-state index in [1.807, 2.05) is 6.07 Å². The summed E-state index contributed by atoms with van der Waals surface area (Å²) in [6, 6.07) is 7.01. The van der Waals surface area contributed by atoms with Crippen LogP contribution in [0.5, 0.6) is 0 Å². The Bertz CT molecular complexity index is 657. The lowest BCUT2D eigenvalue weighted by atomic mass is 9.77. The molecule has 0 saturated carbocycles. The Morgan fingerprint density at radius 3 is 2.57 bits per heavy atom. The molecule has 2 heterocycles. The minimum Gasteiger partial charge on any atom is -0.396 e. The number of halogens is 2. The van der Waals surface area contributed by atoms with Crippen LogP contribution in [-0.4, -0.2) is 39.3 Å². The van der Waals surface area contributed by atoms with Crippen LogP contribution in [0.3, 0.4) is 0 Å². The molecule has 0 spiro atoms. The second-order valence-electron chi connectivity index (χ2n) is 6.45. The maximum atomic E-state index is 13.4. The van der Waals surface area contributed by atoms with Crippen LogP contribution in [0.25, 0.3) is 11.0 Å². The van der Waals surface area contributed by atoms with Crippen LogP contribution in [0.4, 0.5) is 8.78 Å². The van der Waals surface area contributed by atoms with E-state index in [0.29, 0.717) is 23.4 Å². The van der Waals surface area contributed by atoms with Crippen molar-refractivity contribution in [2.24, 2.45) is 5.41 Å². The lowest BCUT2D eigenvalue weighted by Gasteiger charge is -2.40. The molecule has 0 bridgehead atoms. The highest BCUT2D eigenvalue weighted by atomic mass is 19.3. The molecule has 0 unspecified atom stereocenters. The Morgan fingerprint density at radius 2 is 1.96 bits per heavy atom. The Balaban J connectivity index is 1.79. The van der Waals surface area contributed by atoms with E-state index < -0.39 is 6.55 Å². The van der Waals surface area contributed by atoms with Crippen molar-refractivity contribution < 1.29 is 13.9 Å². The van der Waals surface area contributed by atoms with Crippen LogP contribution < -0.4 is 0 Å². The second kappa shape index (κ2) is 6.53. The number of rotatable bonds is 5. The fraction of sp³-hybridized carbons (Fsp3) is 0.588. The third-order valence-corrected chi connectivity index (χ3v) is 5.23. The molecule has 0 amide bonds. The number of aliphatic hydroxyl groups is 1. The van der Waals surface area contributed by atoms with E-state index in [9.17, 15) is 13.9 Å². The summed E-state index contributed by atoms with van der Waals surface area (Å²) in [5, 5.41) is 9.60. The number of benzene rings is 1. The van der Waals surface area contributed by atoms with Gasteiger partial charge in [0.05, 0.1) is 17.6 Å². The summed E-state index contributed by atoms with van der Waals surface area (Å²) in [5.74, 6) is 0.411. The van der Waals surface area contributed by atoms with Gasteiger partial charge in [0.1, 0.15) is 5.82 Å². The summed E-state index contributed by atoms with van der Waals surface area (Å²) in [6.45, 7) is 1.75. The minimum absolute atomic E-state index is 0.000644. The fourth-order valence-corrected chi connectivity index (χ4v) is 3.43. The Labute approximate surface area is 134 Å². The molecule has 4 nitrogen and oxygen atoms in total. The highest BCUT2D eigenvalue weighted by Crippen LogP contribution is 2.35. The SMILES string of the molecule is CCC1(CO)CCN(Cc2nc3ccccc3n2C(F)F)CC1. The zero-order valence-electron chi connectivity index (χ0n) is 13.4. The number of fused-ring (bicyclic) bond motifs is 1. The van der Waals surface area contributed by atoms with Gasteiger partial charge in [0, 0.05) is 6.61 Å². The van der Waals surface area contributed by atoms with Crippen molar-refractivity contribution in [2.45, 2.75) is 39.3 Å². The van der Waals surface area contributed by atoms with Crippen molar-refractivity contribution in [1.82, 2.24) is 14.5 Å². The molecule has 3 rings (SSSR count). The molecular formula is C17H23F2N3O. The predicted octanol–water partition coefficient (Wildman–Crippen LogP) is 3.42. The first-order valence-corrected chi connectivity index (χ1v) is 8.16. The molecule has 2 aromatic rings. The Morgan fingerprint density at radius 1 is 1.26 bits per heavy atom. The average Bonchev–Trinajstić information content (AvgIpc) is 2.94. The second-order valence-corrected chi connectivity index (χ2v) is 6.45. The van der Waals surface area contributed by atoms with Crippen LogP contribution in [0.1, 0.15) is 38.6 Å². The molecular weight excluding hydrogens is 300 g/mol. The molecule has 1 aromatic heterocycles. The quantitative estimate of drug-likeness (QED) is 0.917. The van der Waals surface area contributed by atoms with Gasteiger partial charge in [0.15, 0.2) is 0 Å². The van der Waals surface area contributed by atoms with Crippen LogP contribution in [0.15, 0.2) is 24.3 Å². The van der Waals surface area contributed by atoms with Gasteiger partial charge in [0.2, 0.25) is 0 Å². The Kier molecular flexibility index (Phi) is 4.64. The number of imidazole rings is 1. The number of para-hydroxylation sites is 2. The summed E-state index contributed by atoms with van der Waals surface area (Å²) in [5.41, 5.74) is 1.09. The van der Waals surface area contributed by atoms with Crippen LogP contribution in [0.2, 0.25) is 0 Å². The van der Waals surface area contributed by atoms with Crippen molar-refractivity contribution in [1.29, 1.82) is 0 Å².